The Bertz CT molecular complexity index is 997. The summed E-state index contributed by atoms with van der Waals surface area (Å²) in [7, 11) is 1.48. The van der Waals surface area contributed by atoms with Crippen LogP contribution in [0.4, 0.5) is 11.5 Å². The van der Waals surface area contributed by atoms with Crippen LogP contribution >= 0.6 is 0 Å². The van der Waals surface area contributed by atoms with Crippen molar-refractivity contribution in [1.82, 2.24) is 9.55 Å². The van der Waals surface area contributed by atoms with Gasteiger partial charge in [0, 0.05) is 20.2 Å². The number of carbonyl (C=O) groups excluding carboxylic acids is 1. The maximum Gasteiger partial charge on any atom is 0.330 e. The number of hydrogen-bond donors (Lipinski definition) is 2. The number of H-pyrrole nitrogens is 1. The first-order valence-electron chi connectivity index (χ1n) is 8.81. The molecule has 2 aromatic rings. The van der Waals surface area contributed by atoms with Crippen LogP contribution in [0.15, 0.2) is 27.8 Å². The molecular formula is C18H22N4O6. The van der Waals surface area contributed by atoms with Crippen molar-refractivity contribution in [2.45, 2.75) is 19.9 Å². The van der Waals surface area contributed by atoms with Crippen LogP contribution in [0.3, 0.4) is 0 Å². The number of methoxy groups -OCH3 is 1. The lowest BCUT2D eigenvalue weighted by Gasteiger charge is -2.24. The second kappa shape index (κ2) is 8.17. The first kappa shape index (κ1) is 19.5. The van der Waals surface area contributed by atoms with E-state index in [1.807, 2.05) is 6.92 Å². The normalized spacial score (nSPS) is 12.2. The number of aromatic amines is 1. The average molecular weight is 390 g/mol. The zero-order valence-corrected chi connectivity index (χ0v) is 15.7. The molecule has 0 spiro atoms. The smallest absolute Gasteiger partial charge is 0.330 e. The molecule has 3 rings (SSSR count). The number of nitrogens with zero attached hydrogens (tertiary/aromatic N) is 2. The zero-order valence-electron chi connectivity index (χ0n) is 15.7. The molecule has 1 aliphatic rings. The Morgan fingerprint density at radius 2 is 2.14 bits per heavy atom. The largest absolute Gasteiger partial charge is 0.454 e. The van der Waals surface area contributed by atoms with Gasteiger partial charge in [-0.25, -0.2) is 4.79 Å². The number of anilines is 2. The van der Waals surface area contributed by atoms with Crippen LogP contribution in [-0.4, -0.2) is 42.5 Å². The first-order chi connectivity index (χ1) is 13.5. The van der Waals surface area contributed by atoms with E-state index in [9.17, 15) is 14.4 Å². The van der Waals surface area contributed by atoms with Gasteiger partial charge >= 0.3 is 5.69 Å². The molecule has 3 N–H and O–H groups in total. The molecule has 0 saturated heterocycles. The molecule has 0 fully saturated rings. The van der Waals surface area contributed by atoms with Crippen LogP contribution in [0.1, 0.15) is 23.7 Å². The van der Waals surface area contributed by atoms with Gasteiger partial charge < -0.3 is 19.9 Å². The van der Waals surface area contributed by atoms with E-state index in [-0.39, 0.29) is 37.0 Å². The van der Waals surface area contributed by atoms with Gasteiger partial charge in [0.05, 0.1) is 12.2 Å². The van der Waals surface area contributed by atoms with Gasteiger partial charge in [0.1, 0.15) is 5.82 Å². The van der Waals surface area contributed by atoms with E-state index in [2.05, 4.69) is 4.98 Å². The molecule has 0 radical (unpaired) electrons. The van der Waals surface area contributed by atoms with E-state index in [1.165, 1.54) is 16.6 Å². The molecule has 0 saturated carbocycles. The Labute approximate surface area is 160 Å². The highest BCUT2D eigenvalue weighted by Crippen LogP contribution is 2.36. The monoisotopic (exact) mass is 390 g/mol. The molecule has 0 unspecified atom stereocenters. The number of nitrogen functional groups attached to an aromatic ring is 1. The maximum atomic E-state index is 13.3. The van der Waals surface area contributed by atoms with Crippen molar-refractivity contribution in [2.75, 3.05) is 37.7 Å². The van der Waals surface area contributed by atoms with Crippen LogP contribution < -0.4 is 31.4 Å². The Hall–Kier alpha value is -3.27. The molecule has 1 aliphatic heterocycles. The Morgan fingerprint density at radius 3 is 2.86 bits per heavy atom. The van der Waals surface area contributed by atoms with Crippen molar-refractivity contribution in [3.05, 3.63) is 44.6 Å². The highest BCUT2D eigenvalue weighted by Gasteiger charge is 2.29. The van der Waals surface area contributed by atoms with Crippen molar-refractivity contribution >= 4 is 17.4 Å². The van der Waals surface area contributed by atoms with Gasteiger partial charge in [0.15, 0.2) is 17.2 Å². The van der Waals surface area contributed by atoms with Gasteiger partial charge in [0.25, 0.3) is 11.5 Å². The zero-order chi connectivity index (χ0) is 20.3. The minimum Gasteiger partial charge on any atom is -0.454 e. The van der Waals surface area contributed by atoms with Crippen LogP contribution in [0, 0.1) is 0 Å². The van der Waals surface area contributed by atoms with Crippen LogP contribution in [0.2, 0.25) is 0 Å². The summed E-state index contributed by atoms with van der Waals surface area (Å²) in [6.45, 7) is 2.39. The van der Waals surface area contributed by atoms with Crippen molar-refractivity contribution in [3.8, 4) is 11.5 Å². The summed E-state index contributed by atoms with van der Waals surface area (Å²) in [6.07, 6.45) is 0.624. The number of ether oxygens (including phenoxy) is 3. The van der Waals surface area contributed by atoms with Gasteiger partial charge in [-0.15, -0.1) is 0 Å². The number of amides is 1. The highest BCUT2D eigenvalue weighted by atomic mass is 16.7. The lowest BCUT2D eigenvalue weighted by Crippen LogP contribution is -2.42. The summed E-state index contributed by atoms with van der Waals surface area (Å²) in [5.41, 5.74) is 4.87. The van der Waals surface area contributed by atoms with Gasteiger partial charge in [-0.05, 0) is 18.6 Å². The topological polar surface area (TPSA) is 129 Å². The van der Waals surface area contributed by atoms with Gasteiger partial charge in [0.2, 0.25) is 6.79 Å². The Kier molecular flexibility index (Phi) is 5.69. The fourth-order valence-corrected chi connectivity index (χ4v) is 3.03. The van der Waals surface area contributed by atoms with Gasteiger partial charge in [-0.1, -0.05) is 13.0 Å². The molecule has 0 atom stereocenters. The molecule has 150 valence electrons. The number of fused-ring (bicyclic) bond motifs is 1. The van der Waals surface area contributed by atoms with Crippen molar-refractivity contribution < 1.29 is 19.0 Å². The van der Waals surface area contributed by atoms with Crippen LogP contribution in [0.25, 0.3) is 0 Å². The van der Waals surface area contributed by atoms with Crippen molar-refractivity contribution in [1.29, 1.82) is 0 Å². The van der Waals surface area contributed by atoms with E-state index >= 15 is 0 Å². The summed E-state index contributed by atoms with van der Waals surface area (Å²) in [4.78, 5) is 41.4. The Morgan fingerprint density at radius 1 is 1.36 bits per heavy atom. The average Bonchev–Trinajstić information content (AvgIpc) is 3.16. The molecule has 1 aromatic heterocycles. The summed E-state index contributed by atoms with van der Waals surface area (Å²) in [5, 5.41) is 0. The predicted octanol–water partition coefficient (Wildman–Crippen LogP) is 0.551. The number of nitrogens with one attached hydrogen (secondary N) is 1. The van der Waals surface area contributed by atoms with E-state index in [1.54, 1.807) is 18.2 Å². The Balaban J connectivity index is 2.13. The molecule has 1 aromatic carbocycles. The number of para-hydroxylation sites is 1. The van der Waals surface area contributed by atoms with E-state index < -0.39 is 17.2 Å². The number of aromatic nitrogens is 2. The van der Waals surface area contributed by atoms with E-state index in [0.717, 1.165) is 0 Å². The fraction of sp³-hybridized carbons (Fsp3) is 0.389. The summed E-state index contributed by atoms with van der Waals surface area (Å²) < 4.78 is 17.0. The quantitative estimate of drug-likeness (QED) is 0.706. The van der Waals surface area contributed by atoms with Crippen LogP contribution in [-0.2, 0) is 11.3 Å². The third-order valence-corrected chi connectivity index (χ3v) is 4.32. The number of nitrogens with two attached hydrogens (primary N) is 1. The summed E-state index contributed by atoms with van der Waals surface area (Å²) in [5.74, 6) is 0.144. The van der Waals surface area contributed by atoms with Gasteiger partial charge in [-0.2, -0.15) is 0 Å². The number of hydrogen-bond acceptors (Lipinski definition) is 7. The first-order valence-corrected chi connectivity index (χ1v) is 8.81. The summed E-state index contributed by atoms with van der Waals surface area (Å²) in [6, 6.07) is 4.91. The van der Waals surface area contributed by atoms with Crippen molar-refractivity contribution in [3.63, 3.8) is 0 Å². The van der Waals surface area contributed by atoms with Crippen LogP contribution in [0.5, 0.6) is 11.5 Å². The van der Waals surface area contributed by atoms with Crippen molar-refractivity contribution in [2.24, 2.45) is 0 Å². The summed E-state index contributed by atoms with van der Waals surface area (Å²) >= 11 is 0. The van der Waals surface area contributed by atoms with E-state index in [4.69, 9.17) is 19.9 Å². The minimum atomic E-state index is -0.746. The SMILES string of the molecule is CCCn1c(N)c(N(CCOC)C(=O)c2cccc3c2OCO3)c(=O)[nH]c1=O. The molecule has 10 heteroatoms. The molecule has 2 heterocycles. The second-order valence-electron chi connectivity index (χ2n) is 6.13. The minimum absolute atomic E-state index is 0.00178. The second-order valence-corrected chi connectivity index (χ2v) is 6.13. The third kappa shape index (κ3) is 3.46. The molecule has 10 nitrogen and oxygen atoms in total. The lowest BCUT2D eigenvalue weighted by molar-refractivity contribution is 0.0971. The molecule has 28 heavy (non-hydrogen) atoms. The molecular weight excluding hydrogens is 368 g/mol. The maximum absolute atomic E-state index is 13.3. The molecule has 1 amide bonds. The predicted molar refractivity (Wildman–Crippen MR) is 102 cm³/mol. The van der Waals surface area contributed by atoms with Gasteiger partial charge in [-0.3, -0.25) is 24.0 Å². The van der Waals surface area contributed by atoms with E-state index in [0.29, 0.717) is 24.5 Å². The highest BCUT2D eigenvalue weighted by molar-refractivity contribution is 6.09. The fourth-order valence-electron chi connectivity index (χ4n) is 3.03. The standard InChI is InChI=1S/C18H22N4O6/c1-3-7-22-15(19)13(16(23)20-18(22)25)21(8-9-26-2)17(24)11-5-4-6-12-14(11)28-10-27-12/h4-6H,3,7-10,19H2,1-2H3,(H,20,23,25). The number of rotatable bonds is 7. The lowest BCUT2D eigenvalue weighted by atomic mass is 10.1. The molecule has 0 aliphatic carbocycles. The number of benzene rings is 1. The molecule has 0 bridgehead atoms. The third-order valence-electron chi connectivity index (χ3n) is 4.32. The number of carbonyl (C=O) groups is 1.